The second kappa shape index (κ2) is 12.3. The Morgan fingerprint density at radius 3 is 2.15 bits per heavy atom. The fourth-order valence-electron chi connectivity index (χ4n) is 5.38. The summed E-state index contributed by atoms with van der Waals surface area (Å²) in [5, 5.41) is 0. The highest BCUT2D eigenvalue weighted by atomic mass is 16.5. The first-order valence-electron chi connectivity index (χ1n) is 14.2. The van der Waals surface area contributed by atoms with Crippen LogP contribution >= 0.6 is 0 Å². The van der Waals surface area contributed by atoms with Gasteiger partial charge in [-0.15, -0.1) is 0 Å². The first-order valence-corrected chi connectivity index (χ1v) is 14.2. The van der Waals surface area contributed by atoms with Crippen molar-refractivity contribution in [1.29, 1.82) is 0 Å². The third-order valence-electron chi connectivity index (χ3n) is 8.22. The standard InChI is InChI=1S/C33H40N4O4/c1-23-18-29-31(19-24(23)2)41-22-33(39)37(29)21-32(38)35(5)30(20-36-14-16-40-17-15-36)27-8-6-25(7-9-27)26-10-12-28(13-11-26)34(3)4/h6-13,18-19,30H,14-17,20-22H2,1-5H3. The number of ether oxygens (including phenoxy) is 2. The summed E-state index contributed by atoms with van der Waals surface area (Å²) < 4.78 is 11.3. The summed E-state index contributed by atoms with van der Waals surface area (Å²) in [5.74, 6) is 0.310. The lowest BCUT2D eigenvalue weighted by Gasteiger charge is -2.37. The maximum absolute atomic E-state index is 13.8. The monoisotopic (exact) mass is 556 g/mol. The first-order chi connectivity index (χ1) is 19.7. The minimum Gasteiger partial charge on any atom is -0.482 e. The maximum Gasteiger partial charge on any atom is 0.265 e. The van der Waals surface area contributed by atoms with Gasteiger partial charge in [-0.3, -0.25) is 19.4 Å². The number of hydrogen-bond acceptors (Lipinski definition) is 6. The fourth-order valence-corrected chi connectivity index (χ4v) is 5.38. The molecule has 3 aromatic rings. The molecule has 2 heterocycles. The van der Waals surface area contributed by atoms with E-state index in [1.807, 2.05) is 47.1 Å². The minimum atomic E-state index is -0.211. The van der Waals surface area contributed by atoms with Crippen LogP contribution < -0.4 is 14.5 Å². The van der Waals surface area contributed by atoms with Crippen LogP contribution in [0.2, 0.25) is 0 Å². The molecular formula is C33H40N4O4. The van der Waals surface area contributed by atoms with Crippen molar-refractivity contribution in [3.8, 4) is 16.9 Å². The molecule has 2 aliphatic rings. The second-order valence-electron chi connectivity index (χ2n) is 11.2. The van der Waals surface area contributed by atoms with E-state index in [1.165, 1.54) is 0 Å². The summed E-state index contributed by atoms with van der Waals surface area (Å²) in [6, 6.07) is 20.7. The number of nitrogens with zero attached hydrogens (tertiary/aromatic N) is 4. The highest BCUT2D eigenvalue weighted by Crippen LogP contribution is 2.35. The Bertz CT molecular complexity index is 1380. The minimum absolute atomic E-state index is 0.0376. The summed E-state index contributed by atoms with van der Waals surface area (Å²) >= 11 is 0. The van der Waals surface area contributed by atoms with E-state index in [4.69, 9.17) is 9.47 Å². The average Bonchev–Trinajstić information content (AvgIpc) is 2.98. The van der Waals surface area contributed by atoms with Crippen LogP contribution in [0.3, 0.4) is 0 Å². The lowest BCUT2D eigenvalue weighted by atomic mass is 9.99. The molecule has 1 unspecified atom stereocenters. The topological polar surface area (TPSA) is 65.6 Å². The predicted molar refractivity (Wildman–Crippen MR) is 163 cm³/mol. The molecule has 0 bridgehead atoms. The summed E-state index contributed by atoms with van der Waals surface area (Å²) in [5.41, 5.74) is 7.27. The highest BCUT2D eigenvalue weighted by Gasteiger charge is 2.31. The van der Waals surface area contributed by atoms with E-state index in [9.17, 15) is 9.59 Å². The van der Waals surface area contributed by atoms with Gasteiger partial charge in [0, 0.05) is 46.5 Å². The van der Waals surface area contributed by atoms with Crippen molar-refractivity contribution in [3.63, 3.8) is 0 Å². The van der Waals surface area contributed by atoms with Gasteiger partial charge in [-0.1, -0.05) is 36.4 Å². The number of hydrogen-bond donors (Lipinski definition) is 0. The van der Waals surface area contributed by atoms with Crippen LogP contribution in [0, 0.1) is 13.8 Å². The van der Waals surface area contributed by atoms with E-state index in [0.29, 0.717) is 31.2 Å². The lowest BCUT2D eigenvalue weighted by molar-refractivity contribution is -0.133. The predicted octanol–water partition coefficient (Wildman–Crippen LogP) is 4.29. The largest absolute Gasteiger partial charge is 0.482 e. The summed E-state index contributed by atoms with van der Waals surface area (Å²) in [6.07, 6.45) is 0. The number of morpholine rings is 1. The molecule has 1 atom stereocenters. The molecule has 8 nitrogen and oxygen atoms in total. The zero-order valence-corrected chi connectivity index (χ0v) is 24.7. The summed E-state index contributed by atoms with van der Waals surface area (Å²) in [6.45, 7) is 7.61. The second-order valence-corrected chi connectivity index (χ2v) is 11.2. The zero-order valence-electron chi connectivity index (χ0n) is 24.7. The molecule has 0 aliphatic carbocycles. The van der Waals surface area contributed by atoms with Crippen molar-refractivity contribution in [1.82, 2.24) is 9.80 Å². The molecule has 1 fully saturated rings. The molecule has 2 aliphatic heterocycles. The maximum atomic E-state index is 13.8. The molecule has 8 heteroatoms. The highest BCUT2D eigenvalue weighted by molar-refractivity contribution is 6.02. The van der Waals surface area contributed by atoms with Crippen molar-refractivity contribution < 1.29 is 19.1 Å². The van der Waals surface area contributed by atoms with Gasteiger partial charge in [0.1, 0.15) is 12.3 Å². The number of likely N-dealkylation sites (N-methyl/N-ethyl adjacent to an activating group) is 1. The van der Waals surface area contributed by atoms with Gasteiger partial charge in [0.15, 0.2) is 6.61 Å². The van der Waals surface area contributed by atoms with Crippen LogP contribution in [0.25, 0.3) is 11.1 Å². The van der Waals surface area contributed by atoms with E-state index in [1.54, 1.807) is 9.80 Å². The normalized spacial score (nSPS) is 16.1. The van der Waals surface area contributed by atoms with Gasteiger partial charge in [-0.2, -0.15) is 0 Å². The molecule has 5 rings (SSSR count). The van der Waals surface area contributed by atoms with Crippen LogP contribution in [0.4, 0.5) is 11.4 Å². The number of benzene rings is 3. The fraction of sp³-hybridized carbons (Fsp3) is 0.394. The van der Waals surface area contributed by atoms with Crippen LogP contribution in [0.15, 0.2) is 60.7 Å². The Labute approximate surface area is 243 Å². The molecule has 0 radical (unpaired) electrons. The molecule has 216 valence electrons. The number of aryl methyl sites for hydroxylation is 2. The van der Waals surface area contributed by atoms with Crippen molar-refractivity contribution in [2.45, 2.75) is 19.9 Å². The SMILES string of the molecule is Cc1cc2c(cc1C)N(CC(=O)N(C)C(CN1CCOCC1)c1ccc(-c3ccc(N(C)C)cc3)cc1)C(=O)CO2. The number of rotatable bonds is 8. The Hall–Kier alpha value is -3.88. The van der Waals surface area contributed by atoms with Crippen molar-refractivity contribution >= 4 is 23.2 Å². The quantitative estimate of drug-likeness (QED) is 0.413. The van der Waals surface area contributed by atoms with Crippen LogP contribution in [-0.4, -0.2) is 88.8 Å². The van der Waals surface area contributed by atoms with Crippen LogP contribution in [-0.2, 0) is 14.3 Å². The molecule has 3 aromatic carbocycles. The summed E-state index contributed by atoms with van der Waals surface area (Å²) in [4.78, 5) is 34.5. The van der Waals surface area contributed by atoms with Crippen LogP contribution in [0.1, 0.15) is 22.7 Å². The number of amides is 2. The van der Waals surface area contributed by atoms with E-state index in [0.717, 1.165) is 46.6 Å². The smallest absolute Gasteiger partial charge is 0.265 e. The molecule has 0 spiro atoms. The molecule has 1 saturated heterocycles. The van der Waals surface area contributed by atoms with Gasteiger partial charge in [0.05, 0.1) is 24.9 Å². The van der Waals surface area contributed by atoms with Crippen LogP contribution in [0.5, 0.6) is 5.75 Å². The van der Waals surface area contributed by atoms with Crippen molar-refractivity contribution in [2.24, 2.45) is 0 Å². The molecule has 0 aromatic heterocycles. The van der Waals surface area contributed by atoms with Crippen molar-refractivity contribution in [2.75, 3.05) is 76.9 Å². The molecule has 0 N–H and O–H groups in total. The number of carbonyl (C=O) groups excluding carboxylic acids is 2. The Kier molecular flexibility index (Phi) is 8.61. The van der Waals surface area contributed by atoms with Gasteiger partial charge in [-0.25, -0.2) is 0 Å². The van der Waals surface area contributed by atoms with E-state index < -0.39 is 0 Å². The Morgan fingerprint density at radius 1 is 0.902 bits per heavy atom. The molecule has 0 saturated carbocycles. The van der Waals surface area contributed by atoms with Gasteiger partial charge >= 0.3 is 0 Å². The summed E-state index contributed by atoms with van der Waals surface area (Å²) in [7, 11) is 5.91. The van der Waals surface area contributed by atoms with Gasteiger partial charge in [0.25, 0.3) is 5.91 Å². The van der Waals surface area contributed by atoms with E-state index in [-0.39, 0.29) is 31.0 Å². The molecule has 2 amide bonds. The third-order valence-corrected chi connectivity index (χ3v) is 8.22. The van der Waals surface area contributed by atoms with E-state index >= 15 is 0 Å². The zero-order chi connectivity index (χ0) is 29.1. The third kappa shape index (κ3) is 6.39. The van der Waals surface area contributed by atoms with E-state index in [2.05, 4.69) is 58.3 Å². The lowest BCUT2D eigenvalue weighted by Crippen LogP contribution is -2.48. The molecular weight excluding hydrogens is 516 g/mol. The average molecular weight is 557 g/mol. The number of fused-ring (bicyclic) bond motifs is 1. The van der Waals surface area contributed by atoms with Gasteiger partial charge in [-0.05, 0) is 65.9 Å². The Balaban J connectivity index is 1.38. The van der Waals surface area contributed by atoms with Gasteiger partial charge in [0.2, 0.25) is 5.91 Å². The van der Waals surface area contributed by atoms with Crippen molar-refractivity contribution in [3.05, 3.63) is 77.4 Å². The number of anilines is 2. The molecule has 41 heavy (non-hydrogen) atoms. The Morgan fingerprint density at radius 2 is 1.51 bits per heavy atom. The van der Waals surface area contributed by atoms with Gasteiger partial charge < -0.3 is 19.3 Å². The number of carbonyl (C=O) groups is 2. The first kappa shape index (κ1) is 28.6.